The maximum Gasteiger partial charge on any atom is 0.411 e. The van der Waals surface area contributed by atoms with E-state index in [9.17, 15) is 13.6 Å². The van der Waals surface area contributed by atoms with Crippen LogP contribution in [0.1, 0.15) is 75.0 Å². The predicted octanol–water partition coefficient (Wildman–Crippen LogP) is 5.98. The van der Waals surface area contributed by atoms with Gasteiger partial charge in [-0.05, 0) is 63.6 Å². The monoisotopic (exact) mass is 515 g/mol. The molecule has 0 saturated heterocycles. The molecular formula is C26H28ClF2N5O2. The quantitative estimate of drug-likeness (QED) is 0.392. The summed E-state index contributed by atoms with van der Waals surface area (Å²) in [6.45, 7) is 6.10. The molecule has 1 aromatic carbocycles. The Kier molecular flexibility index (Phi) is 6.22. The van der Waals surface area contributed by atoms with Crippen molar-refractivity contribution < 1.29 is 18.3 Å². The molecule has 0 radical (unpaired) electrons. The standard InChI is InChI=1S/C26H28ClF2N5O2/c1-25(2,3)36-24(35)33-13-17-10-18(4-5-21(17)34-15-31-32-22(34)14-33)26(27)8-6-16(7-9-26)23-20(29)11-19(28)12-30-23/h4-5,10-12,15-16H,6-9,13-14H2,1-3H3. The first-order chi connectivity index (χ1) is 17.0. The fourth-order valence-electron chi connectivity index (χ4n) is 5.04. The lowest BCUT2D eigenvalue weighted by Gasteiger charge is -2.36. The Morgan fingerprint density at radius 3 is 2.61 bits per heavy atom. The normalized spacial score (nSPS) is 21.9. The van der Waals surface area contributed by atoms with Gasteiger partial charge in [0.1, 0.15) is 23.6 Å². The summed E-state index contributed by atoms with van der Waals surface area (Å²) in [5.74, 6) is -0.762. The van der Waals surface area contributed by atoms with Crippen molar-refractivity contribution in [3.63, 3.8) is 0 Å². The molecule has 190 valence electrons. The van der Waals surface area contributed by atoms with Crippen LogP contribution in [0, 0.1) is 11.6 Å². The molecule has 0 N–H and O–H groups in total. The zero-order chi connectivity index (χ0) is 25.7. The molecule has 2 aromatic heterocycles. The summed E-state index contributed by atoms with van der Waals surface area (Å²) in [6, 6.07) is 6.89. The van der Waals surface area contributed by atoms with Gasteiger partial charge >= 0.3 is 6.09 Å². The highest BCUT2D eigenvalue weighted by Gasteiger charge is 2.38. The zero-order valence-corrected chi connectivity index (χ0v) is 21.2. The topological polar surface area (TPSA) is 73.1 Å². The third-order valence-corrected chi connectivity index (χ3v) is 7.42. The summed E-state index contributed by atoms with van der Waals surface area (Å²) >= 11 is 7.16. The van der Waals surface area contributed by atoms with E-state index in [1.54, 1.807) is 11.2 Å². The first-order valence-corrected chi connectivity index (χ1v) is 12.4. The molecule has 1 aliphatic carbocycles. The molecule has 5 rings (SSSR count). The second-order valence-electron chi connectivity index (χ2n) is 10.6. The minimum atomic E-state index is -0.680. The smallest absolute Gasteiger partial charge is 0.411 e. The van der Waals surface area contributed by atoms with Crippen molar-refractivity contribution >= 4 is 17.7 Å². The van der Waals surface area contributed by atoms with E-state index >= 15 is 0 Å². The lowest BCUT2D eigenvalue weighted by atomic mass is 9.76. The predicted molar refractivity (Wildman–Crippen MR) is 130 cm³/mol. The van der Waals surface area contributed by atoms with Crippen LogP contribution >= 0.6 is 11.6 Å². The van der Waals surface area contributed by atoms with Crippen LogP contribution in [0.4, 0.5) is 13.6 Å². The first kappa shape index (κ1) is 24.6. The number of hydrogen-bond acceptors (Lipinski definition) is 5. The van der Waals surface area contributed by atoms with Crippen molar-refractivity contribution in [3.8, 4) is 5.69 Å². The van der Waals surface area contributed by atoms with Crippen molar-refractivity contribution in [2.45, 2.75) is 75.9 Å². The fraction of sp³-hybridized carbons (Fsp3) is 0.462. The summed E-state index contributed by atoms with van der Waals surface area (Å²) < 4.78 is 35.1. The molecule has 0 bridgehead atoms. The third kappa shape index (κ3) is 4.81. The van der Waals surface area contributed by atoms with Gasteiger partial charge in [0.2, 0.25) is 0 Å². The molecule has 1 fully saturated rings. The van der Waals surface area contributed by atoms with Gasteiger partial charge in [0.05, 0.1) is 35.5 Å². The van der Waals surface area contributed by atoms with E-state index in [-0.39, 0.29) is 12.5 Å². The van der Waals surface area contributed by atoms with E-state index in [4.69, 9.17) is 16.3 Å². The number of halogens is 3. The summed E-state index contributed by atoms with van der Waals surface area (Å²) in [7, 11) is 0. The number of benzene rings is 1. The Morgan fingerprint density at radius 2 is 1.92 bits per heavy atom. The van der Waals surface area contributed by atoms with Gasteiger partial charge in [-0.3, -0.25) is 14.5 Å². The number of rotatable bonds is 2. The van der Waals surface area contributed by atoms with Gasteiger partial charge in [-0.1, -0.05) is 12.1 Å². The Morgan fingerprint density at radius 1 is 1.17 bits per heavy atom. The van der Waals surface area contributed by atoms with E-state index in [2.05, 4.69) is 15.2 Å². The maximum atomic E-state index is 14.3. The molecule has 2 aliphatic rings. The Bertz CT molecular complexity index is 1300. The van der Waals surface area contributed by atoms with Gasteiger partial charge in [-0.25, -0.2) is 13.6 Å². The highest BCUT2D eigenvalue weighted by molar-refractivity contribution is 6.24. The molecule has 1 saturated carbocycles. The number of ether oxygens (including phenoxy) is 1. The number of carbonyl (C=O) groups is 1. The highest BCUT2D eigenvalue weighted by Crippen LogP contribution is 2.48. The minimum Gasteiger partial charge on any atom is -0.444 e. The number of alkyl halides is 1. The number of carbonyl (C=O) groups excluding carboxylic acids is 1. The highest BCUT2D eigenvalue weighted by atomic mass is 35.5. The Hall–Kier alpha value is -3.07. The van der Waals surface area contributed by atoms with E-state index < -0.39 is 28.2 Å². The lowest BCUT2D eigenvalue weighted by molar-refractivity contribution is 0.0214. The van der Waals surface area contributed by atoms with E-state index in [0.717, 1.165) is 29.1 Å². The van der Waals surface area contributed by atoms with Gasteiger partial charge in [-0.15, -0.1) is 21.8 Å². The molecule has 3 heterocycles. The first-order valence-electron chi connectivity index (χ1n) is 12.0. The molecule has 1 amide bonds. The molecule has 0 atom stereocenters. The fourth-order valence-corrected chi connectivity index (χ4v) is 5.38. The van der Waals surface area contributed by atoms with Gasteiger partial charge in [0.25, 0.3) is 0 Å². The average Bonchev–Trinajstić information content (AvgIpc) is 3.20. The third-order valence-electron chi connectivity index (χ3n) is 6.82. The van der Waals surface area contributed by atoms with Crippen LogP contribution in [-0.4, -0.2) is 36.3 Å². The molecule has 1 aliphatic heterocycles. The Labute approximate surface area is 213 Å². The molecular weight excluding hydrogens is 488 g/mol. The lowest BCUT2D eigenvalue weighted by Crippen LogP contribution is -2.36. The zero-order valence-electron chi connectivity index (χ0n) is 20.5. The number of fused-ring (bicyclic) bond motifs is 3. The number of hydrogen-bond donors (Lipinski definition) is 0. The number of aromatic nitrogens is 4. The van der Waals surface area contributed by atoms with Crippen molar-refractivity contribution in [1.29, 1.82) is 0 Å². The van der Waals surface area contributed by atoms with Crippen LogP contribution in [0.2, 0.25) is 0 Å². The van der Waals surface area contributed by atoms with Gasteiger partial charge in [0, 0.05) is 12.0 Å². The molecule has 0 unspecified atom stereocenters. The van der Waals surface area contributed by atoms with Gasteiger partial charge in [0.15, 0.2) is 5.82 Å². The van der Waals surface area contributed by atoms with Crippen LogP contribution in [-0.2, 0) is 22.7 Å². The molecule has 3 aromatic rings. The largest absolute Gasteiger partial charge is 0.444 e. The van der Waals surface area contributed by atoms with Crippen molar-refractivity contribution in [2.24, 2.45) is 0 Å². The Balaban J connectivity index is 1.41. The maximum absolute atomic E-state index is 14.3. The van der Waals surface area contributed by atoms with E-state index in [0.29, 0.717) is 43.7 Å². The summed E-state index contributed by atoms with van der Waals surface area (Å²) in [6.07, 6.45) is 4.77. The summed E-state index contributed by atoms with van der Waals surface area (Å²) in [4.78, 5) is 17.9. The molecule has 0 spiro atoms. The summed E-state index contributed by atoms with van der Waals surface area (Å²) in [5, 5.41) is 8.23. The van der Waals surface area contributed by atoms with Crippen molar-refractivity contribution in [2.75, 3.05) is 0 Å². The minimum absolute atomic E-state index is 0.111. The van der Waals surface area contributed by atoms with Gasteiger partial charge in [-0.2, -0.15) is 0 Å². The van der Waals surface area contributed by atoms with Gasteiger partial charge < -0.3 is 4.74 Å². The molecule has 10 heteroatoms. The van der Waals surface area contributed by atoms with E-state index in [1.165, 1.54) is 0 Å². The van der Waals surface area contributed by atoms with Crippen LogP contribution in [0.5, 0.6) is 0 Å². The number of pyridine rings is 1. The number of nitrogens with zero attached hydrogens (tertiary/aromatic N) is 5. The van der Waals surface area contributed by atoms with Crippen LogP contribution in [0.25, 0.3) is 5.69 Å². The van der Waals surface area contributed by atoms with E-state index in [1.807, 2.05) is 43.5 Å². The van der Waals surface area contributed by atoms with Crippen LogP contribution < -0.4 is 0 Å². The summed E-state index contributed by atoms with van der Waals surface area (Å²) in [5.41, 5.74) is 2.40. The van der Waals surface area contributed by atoms with Crippen LogP contribution in [0.15, 0.2) is 36.8 Å². The van der Waals surface area contributed by atoms with Crippen molar-refractivity contribution in [3.05, 3.63) is 71.1 Å². The second-order valence-corrected chi connectivity index (χ2v) is 11.3. The molecule has 7 nitrogen and oxygen atoms in total. The van der Waals surface area contributed by atoms with Crippen molar-refractivity contribution in [1.82, 2.24) is 24.6 Å². The second kappa shape index (κ2) is 9.10. The molecule has 36 heavy (non-hydrogen) atoms. The SMILES string of the molecule is CC(C)(C)OC(=O)N1Cc2cc(C3(Cl)CCC(c4ncc(F)cc4F)CC3)ccc2-n2cnnc2C1. The average molecular weight is 516 g/mol. The van der Waals surface area contributed by atoms with Crippen LogP contribution in [0.3, 0.4) is 0 Å². The number of amides is 1.